The summed E-state index contributed by atoms with van der Waals surface area (Å²) in [5.74, 6) is -0.339. The van der Waals surface area contributed by atoms with Crippen molar-refractivity contribution in [1.29, 1.82) is 0 Å². The van der Waals surface area contributed by atoms with Crippen molar-refractivity contribution in [1.82, 2.24) is 0 Å². The van der Waals surface area contributed by atoms with E-state index in [1.54, 1.807) is 19.1 Å². The molecule has 18 heavy (non-hydrogen) atoms. The maximum absolute atomic E-state index is 11.9. The SMILES string of the molecule is CCOC(=O)c1cc(CC)cc(C(=O)CCBr)c1. The summed E-state index contributed by atoms with van der Waals surface area (Å²) in [6.45, 7) is 4.08. The monoisotopic (exact) mass is 312 g/mol. The highest BCUT2D eigenvalue weighted by Gasteiger charge is 2.12. The summed E-state index contributed by atoms with van der Waals surface area (Å²) in [5, 5.41) is 0.622. The van der Waals surface area contributed by atoms with Crippen LogP contribution in [0, 0.1) is 0 Å². The maximum Gasteiger partial charge on any atom is 0.338 e. The molecule has 1 aromatic rings. The number of halogens is 1. The third-order valence-corrected chi connectivity index (χ3v) is 2.95. The van der Waals surface area contributed by atoms with Crippen LogP contribution in [-0.2, 0) is 11.2 Å². The van der Waals surface area contributed by atoms with Crippen LogP contribution in [0.1, 0.15) is 46.5 Å². The lowest BCUT2D eigenvalue weighted by Crippen LogP contribution is -2.08. The summed E-state index contributed by atoms with van der Waals surface area (Å²) >= 11 is 3.24. The molecule has 0 fully saturated rings. The Balaban J connectivity index is 3.08. The van der Waals surface area contributed by atoms with E-state index in [0.717, 1.165) is 12.0 Å². The van der Waals surface area contributed by atoms with Crippen LogP contribution < -0.4 is 0 Å². The molecule has 4 heteroatoms. The van der Waals surface area contributed by atoms with E-state index in [1.807, 2.05) is 13.0 Å². The second-order valence-electron chi connectivity index (χ2n) is 3.85. The Hall–Kier alpha value is -1.16. The molecule has 0 aliphatic heterocycles. The third-order valence-electron chi connectivity index (χ3n) is 2.56. The molecule has 0 heterocycles. The standard InChI is InChI=1S/C14H17BrO3/c1-3-10-7-11(13(16)5-6-15)9-12(8-10)14(17)18-4-2/h7-9H,3-6H2,1-2H3. The van der Waals surface area contributed by atoms with Gasteiger partial charge in [0.15, 0.2) is 5.78 Å². The zero-order valence-electron chi connectivity index (χ0n) is 10.7. The zero-order valence-corrected chi connectivity index (χ0v) is 12.2. The minimum Gasteiger partial charge on any atom is -0.462 e. The second kappa shape index (κ2) is 7.31. The van der Waals surface area contributed by atoms with Gasteiger partial charge in [-0.1, -0.05) is 22.9 Å². The molecule has 0 saturated carbocycles. The molecule has 0 spiro atoms. The van der Waals surface area contributed by atoms with Gasteiger partial charge >= 0.3 is 5.97 Å². The summed E-state index contributed by atoms with van der Waals surface area (Å²) in [6, 6.07) is 5.23. The summed E-state index contributed by atoms with van der Waals surface area (Å²) in [7, 11) is 0. The van der Waals surface area contributed by atoms with Gasteiger partial charge in [-0.2, -0.15) is 0 Å². The molecule has 0 saturated heterocycles. The number of alkyl halides is 1. The van der Waals surface area contributed by atoms with Crippen LogP contribution in [0.25, 0.3) is 0 Å². The fourth-order valence-corrected chi connectivity index (χ4v) is 1.98. The molecule has 0 aliphatic rings. The normalized spacial score (nSPS) is 10.2. The lowest BCUT2D eigenvalue weighted by Gasteiger charge is -2.07. The van der Waals surface area contributed by atoms with Crippen molar-refractivity contribution in [2.24, 2.45) is 0 Å². The second-order valence-corrected chi connectivity index (χ2v) is 4.65. The van der Waals surface area contributed by atoms with E-state index >= 15 is 0 Å². The number of esters is 1. The Morgan fingerprint density at radius 1 is 1.17 bits per heavy atom. The van der Waals surface area contributed by atoms with Crippen molar-refractivity contribution in [2.75, 3.05) is 11.9 Å². The van der Waals surface area contributed by atoms with E-state index in [4.69, 9.17) is 4.74 Å². The van der Waals surface area contributed by atoms with E-state index < -0.39 is 0 Å². The van der Waals surface area contributed by atoms with Gasteiger partial charge in [0.1, 0.15) is 0 Å². The molecular weight excluding hydrogens is 296 g/mol. The fraction of sp³-hybridized carbons (Fsp3) is 0.429. The molecule has 0 amide bonds. The quantitative estimate of drug-likeness (QED) is 0.459. The average Bonchev–Trinajstić information content (AvgIpc) is 2.38. The number of aryl methyl sites for hydroxylation is 1. The third kappa shape index (κ3) is 3.95. The summed E-state index contributed by atoms with van der Waals surface area (Å²) < 4.78 is 4.96. The number of Topliss-reactive ketones (excluding diaryl/α,β-unsaturated/α-hetero) is 1. The van der Waals surface area contributed by atoms with Gasteiger partial charge in [0.05, 0.1) is 12.2 Å². The number of ether oxygens (including phenoxy) is 1. The number of rotatable bonds is 6. The Morgan fingerprint density at radius 2 is 1.83 bits per heavy atom. The van der Waals surface area contributed by atoms with E-state index in [0.29, 0.717) is 29.5 Å². The van der Waals surface area contributed by atoms with E-state index in [-0.39, 0.29) is 11.8 Å². The Labute approximate surface area is 116 Å². The smallest absolute Gasteiger partial charge is 0.338 e. The molecule has 1 aromatic carbocycles. The first-order chi connectivity index (χ1) is 8.62. The van der Waals surface area contributed by atoms with Crippen LogP contribution >= 0.6 is 15.9 Å². The van der Waals surface area contributed by atoms with Gasteiger partial charge in [0.2, 0.25) is 0 Å². The maximum atomic E-state index is 11.9. The Bertz CT molecular complexity index is 404. The van der Waals surface area contributed by atoms with Gasteiger partial charge in [-0.15, -0.1) is 0 Å². The Kier molecular flexibility index (Phi) is 6.05. The molecule has 0 N–H and O–H groups in total. The lowest BCUT2D eigenvalue weighted by atomic mass is 10.0. The Morgan fingerprint density at radius 3 is 2.39 bits per heavy atom. The predicted molar refractivity (Wildman–Crippen MR) is 74.5 cm³/mol. The van der Waals surface area contributed by atoms with Crippen LogP contribution in [0.3, 0.4) is 0 Å². The molecule has 98 valence electrons. The van der Waals surface area contributed by atoms with E-state index in [1.165, 1.54) is 0 Å². The van der Waals surface area contributed by atoms with Crippen molar-refractivity contribution in [2.45, 2.75) is 26.7 Å². The van der Waals surface area contributed by atoms with Gasteiger partial charge in [0.25, 0.3) is 0 Å². The number of ketones is 1. The van der Waals surface area contributed by atoms with Crippen LogP contribution in [0.4, 0.5) is 0 Å². The number of carbonyl (C=O) groups is 2. The summed E-state index contributed by atoms with van der Waals surface area (Å²) in [6.07, 6.45) is 1.21. The largest absolute Gasteiger partial charge is 0.462 e. The molecule has 0 aliphatic carbocycles. The first-order valence-electron chi connectivity index (χ1n) is 6.02. The molecule has 0 radical (unpaired) electrons. The van der Waals surface area contributed by atoms with Crippen molar-refractivity contribution in [3.05, 3.63) is 34.9 Å². The molecule has 1 rings (SSSR count). The highest BCUT2D eigenvalue weighted by atomic mass is 79.9. The molecule has 0 bridgehead atoms. The number of hydrogen-bond acceptors (Lipinski definition) is 3. The van der Waals surface area contributed by atoms with Gasteiger partial charge in [-0.05, 0) is 37.1 Å². The molecule has 0 atom stereocenters. The van der Waals surface area contributed by atoms with Crippen molar-refractivity contribution >= 4 is 27.7 Å². The predicted octanol–water partition coefficient (Wildman–Crippen LogP) is 3.39. The molecular formula is C14H17BrO3. The molecule has 3 nitrogen and oxygen atoms in total. The molecule has 0 aromatic heterocycles. The van der Waals surface area contributed by atoms with Crippen LogP contribution in [-0.4, -0.2) is 23.7 Å². The molecule has 0 unspecified atom stereocenters. The lowest BCUT2D eigenvalue weighted by molar-refractivity contribution is 0.0526. The van der Waals surface area contributed by atoms with Crippen LogP contribution in [0.2, 0.25) is 0 Å². The first kappa shape index (κ1) is 14.9. The summed E-state index contributed by atoms with van der Waals surface area (Å²) in [4.78, 5) is 23.6. The van der Waals surface area contributed by atoms with Crippen LogP contribution in [0.5, 0.6) is 0 Å². The summed E-state index contributed by atoms with van der Waals surface area (Å²) in [5.41, 5.74) is 2.00. The topological polar surface area (TPSA) is 43.4 Å². The van der Waals surface area contributed by atoms with Gasteiger partial charge in [-0.25, -0.2) is 4.79 Å². The number of carbonyl (C=O) groups excluding carboxylic acids is 2. The van der Waals surface area contributed by atoms with Crippen LogP contribution in [0.15, 0.2) is 18.2 Å². The van der Waals surface area contributed by atoms with Gasteiger partial charge in [0, 0.05) is 17.3 Å². The minimum atomic E-state index is -0.374. The highest BCUT2D eigenvalue weighted by molar-refractivity contribution is 9.09. The zero-order chi connectivity index (χ0) is 13.5. The number of benzene rings is 1. The minimum absolute atomic E-state index is 0.0349. The van der Waals surface area contributed by atoms with Crippen molar-refractivity contribution in [3.63, 3.8) is 0 Å². The highest BCUT2D eigenvalue weighted by Crippen LogP contribution is 2.14. The average molecular weight is 313 g/mol. The van der Waals surface area contributed by atoms with Gasteiger partial charge in [-0.3, -0.25) is 4.79 Å². The van der Waals surface area contributed by atoms with Crippen molar-refractivity contribution in [3.8, 4) is 0 Å². The van der Waals surface area contributed by atoms with Gasteiger partial charge < -0.3 is 4.74 Å². The first-order valence-corrected chi connectivity index (χ1v) is 7.14. The van der Waals surface area contributed by atoms with E-state index in [9.17, 15) is 9.59 Å². The van der Waals surface area contributed by atoms with E-state index in [2.05, 4.69) is 15.9 Å². The number of hydrogen-bond donors (Lipinski definition) is 0. The fourth-order valence-electron chi connectivity index (χ4n) is 1.62. The van der Waals surface area contributed by atoms with Crippen molar-refractivity contribution < 1.29 is 14.3 Å².